The molecule has 0 spiro atoms. The lowest BCUT2D eigenvalue weighted by molar-refractivity contribution is -0.0558. The molecule has 1 amide bonds. The molecule has 6 nitrogen and oxygen atoms in total. The van der Waals surface area contributed by atoms with Crippen LogP contribution in [0.2, 0.25) is 0 Å². The summed E-state index contributed by atoms with van der Waals surface area (Å²) < 4.78 is 13.5. The van der Waals surface area contributed by atoms with Crippen LogP contribution in [0.4, 0.5) is 4.79 Å². The van der Waals surface area contributed by atoms with E-state index in [0.29, 0.717) is 19.7 Å². The molecule has 2 heterocycles. The maximum atomic E-state index is 12.2. The summed E-state index contributed by atoms with van der Waals surface area (Å²) in [5, 5.41) is 0. The summed E-state index contributed by atoms with van der Waals surface area (Å²) in [6, 6.07) is 0. The van der Waals surface area contributed by atoms with Crippen molar-refractivity contribution in [2.24, 2.45) is 7.05 Å². The average molecular weight is 309 g/mol. The molecule has 0 aromatic carbocycles. The molecule has 1 saturated heterocycles. The van der Waals surface area contributed by atoms with Crippen molar-refractivity contribution < 1.29 is 14.3 Å². The number of rotatable bonds is 4. The fraction of sp³-hybridized carbons (Fsp3) is 0.750. The molecule has 6 heteroatoms. The molecule has 0 radical (unpaired) electrons. The number of nitrogens with zero attached hydrogens (tertiary/aromatic N) is 3. The van der Waals surface area contributed by atoms with Crippen molar-refractivity contribution in [1.29, 1.82) is 0 Å². The van der Waals surface area contributed by atoms with Crippen molar-refractivity contribution in [2.75, 3.05) is 13.1 Å². The van der Waals surface area contributed by atoms with Crippen LogP contribution in [0.3, 0.4) is 0 Å². The van der Waals surface area contributed by atoms with Gasteiger partial charge < -0.3 is 18.9 Å². The van der Waals surface area contributed by atoms with Crippen molar-refractivity contribution >= 4 is 6.09 Å². The maximum absolute atomic E-state index is 12.2. The van der Waals surface area contributed by atoms with Crippen LogP contribution in [0, 0.1) is 0 Å². The number of aryl methyl sites for hydroxylation is 1. The van der Waals surface area contributed by atoms with Gasteiger partial charge in [0.25, 0.3) is 0 Å². The van der Waals surface area contributed by atoms with E-state index in [9.17, 15) is 4.79 Å². The van der Waals surface area contributed by atoms with E-state index >= 15 is 0 Å². The predicted octanol–water partition coefficient (Wildman–Crippen LogP) is 2.73. The number of amides is 1. The SMILES string of the molecule is CCC1(OCc2nccn2C)CCN(C(=O)OC(C)(C)C)C1. The molecule has 1 aromatic heterocycles. The Bertz CT molecular complexity index is 521. The highest BCUT2D eigenvalue weighted by atomic mass is 16.6. The minimum atomic E-state index is -0.470. The second kappa shape index (κ2) is 6.28. The van der Waals surface area contributed by atoms with E-state index in [1.807, 2.05) is 38.6 Å². The molecule has 0 N–H and O–H groups in total. The standard InChI is InChI=1S/C16H27N3O3/c1-6-16(21-11-13-17-8-10-18(13)5)7-9-19(12-16)14(20)22-15(2,3)4/h8,10H,6-7,9,11-12H2,1-5H3. The summed E-state index contributed by atoms with van der Waals surface area (Å²) in [4.78, 5) is 18.2. The van der Waals surface area contributed by atoms with Crippen LogP contribution in [-0.4, -0.2) is 44.8 Å². The van der Waals surface area contributed by atoms with Gasteiger partial charge in [0.2, 0.25) is 0 Å². The highest BCUT2D eigenvalue weighted by molar-refractivity contribution is 5.68. The fourth-order valence-corrected chi connectivity index (χ4v) is 2.59. The lowest BCUT2D eigenvalue weighted by Crippen LogP contribution is -2.40. The Morgan fingerprint density at radius 3 is 2.73 bits per heavy atom. The molecular weight excluding hydrogens is 282 g/mol. The van der Waals surface area contributed by atoms with Crippen LogP contribution in [0.15, 0.2) is 12.4 Å². The molecule has 124 valence electrons. The van der Waals surface area contributed by atoms with Crippen LogP contribution in [0.5, 0.6) is 0 Å². The van der Waals surface area contributed by atoms with Crippen LogP contribution in [0.1, 0.15) is 46.4 Å². The van der Waals surface area contributed by atoms with E-state index in [1.54, 1.807) is 11.1 Å². The Kier molecular flexibility index (Phi) is 4.80. The van der Waals surface area contributed by atoms with Gasteiger partial charge in [-0.25, -0.2) is 9.78 Å². The molecule has 1 aliphatic rings. The van der Waals surface area contributed by atoms with Crippen molar-refractivity contribution in [3.63, 3.8) is 0 Å². The third-order valence-electron chi connectivity index (χ3n) is 4.04. The Labute approximate surface area is 132 Å². The second-order valence-corrected chi connectivity index (χ2v) is 6.93. The average Bonchev–Trinajstić information content (AvgIpc) is 3.02. The summed E-state index contributed by atoms with van der Waals surface area (Å²) in [6.45, 7) is 9.44. The Hall–Kier alpha value is -1.56. The first-order chi connectivity index (χ1) is 10.2. The summed E-state index contributed by atoms with van der Waals surface area (Å²) in [6.07, 6.45) is 5.09. The molecule has 2 rings (SSSR count). The molecule has 1 aromatic rings. The summed E-state index contributed by atoms with van der Waals surface area (Å²) >= 11 is 0. The third kappa shape index (κ3) is 4.00. The third-order valence-corrected chi connectivity index (χ3v) is 4.04. The number of aromatic nitrogens is 2. The van der Waals surface area contributed by atoms with E-state index in [1.165, 1.54) is 0 Å². The first-order valence-electron chi connectivity index (χ1n) is 7.83. The normalized spacial score (nSPS) is 22.1. The summed E-state index contributed by atoms with van der Waals surface area (Å²) in [5.41, 5.74) is -0.773. The molecular formula is C16H27N3O3. The first kappa shape index (κ1) is 16.8. The fourth-order valence-electron chi connectivity index (χ4n) is 2.59. The van der Waals surface area contributed by atoms with Gasteiger partial charge in [-0.3, -0.25) is 0 Å². The zero-order valence-corrected chi connectivity index (χ0v) is 14.3. The highest BCUT2D eigenvalue weighted by Gasteiger charge is 2.41. The van der Waals surface area contributed by atoms with E-state index in [4.69, 9.17) is 9.47 Å². The summed E-state index contributed by atoms with van der Waals surface area (Å²) in [5.74, 6) is 0.892. The number of carbonyl (C=O) groups is 1. The minimum absolute atomic E-state index is 0.261. The first-order valence-corrected chi connectivity index (χ1v) is 7.83. The number of hydrogen-bond donors (Lipinski definition) is 0. The van der Waals surface area contributed by atoms with E-state index < -0.39 is 5.60 Å². The number of carbonyl (C=O) groups excluding carboxylic acids is 1. The quantitative estimate of drug-likeness (QED) is 0.858. The van der Waals surface area contributed by atoms with Crippen LogP contribution < -0.4 is 0 Å². The lowest BCUT2D eigenvalue weighted by atomic mass is 10.00. The van der Waals surface area contributed by atoms with Crippen molar-refractivity contribution in [2.45, 2.75) is 58.3 Å². The molecule has 0 aliphatic carbocycles. The number of likely N-dealkylation sites (tertiary alicyclic amines) is 1. The molecule has 22 heavy (non-hydrogen) atoms. The van der Waals surface area contributed by atoms with Gasteiger partial charge in [0.1, 0.15) is 18.0 Å². The zero-order valence-electron chi connectivity index (χ0n) is 14.3. The topological polar surface area (TPSA) is 56.6 Å². The van der Waals surface area contributed by atoms with E-state index in [-0.39, 0.29) is 11.7 Å². The van der Waals surface area contributed by atoms with Gasteiger partial charge in [-0.05, 0) is 33.6 Å². The van der Waals surface area contributed by atoms with Gasteiger partial charge in [0.05, 0.1) is 12.1 Å². The maximum Gasteiger partial charge on any atom is 0.410 e. The molecule has 1 atom stereocenters. The smallest absolute Gasteiger partial charge is 0.410 e. The van der Waals surface area contributed by atoms with Crippen molar-refractivity contribution in [3.05, 3.63) is 18.2 Å². The zero-order chi connectivity index (χ0) is 16.4. The highest BCUT2D eigenvalue weighted by Crippen LogP contribution is 2.30. The molecule has 0 bridgehead atoms. The Morgan fingerprint density at radius 2 is 2.18 bits per heavy atom. The van der Waals surface area contributed by atoms with Crippen LogP contribution in [-0.2, 0) is 23.1 Å². The van der Waals surface area contributed by atoms with Gasteiger partial charge in [-0.15, -0.1) is 0 Å². The number of imidazole rings is 1. The van der Waals surface area contributed by atoms with Gasteiger partial charge in [-0.2, -0.15) is 0 Å². The number of hydrogen-bond acceptors (Lipinski definition) is 4. The van der Waals surface area contributed by atoms with E-state index in [0.717, 1.165) is 18.7 Å². The summed E-state index contributed by atoms with van der Waals surface area (Å²) in [7, 11) is 1.95. The predicted molar refractivity (Wildman–Crippen MR) is 83.4 cm³/mol. The second-order valence-electron chi connectivity index (χ2n) is 6.93. The molecule has 1 fully saturated rings. The monoisotopic (exact) mass is 309 g/mol. The van der Waals surface area contributed by atoms with Crippen molar-refractivity contribution in [1.82, 2.24) is 14.5 Å². The minimum Gasteiger partial charge on any atom is -0.444 e. The van der Waals surface area contributed by atoms with Gasteiger partial charge in [-0.1, -0.05) is 6.92 Å². The van der Waals surface area contributed by atoms with Crippen LogP contribution in [0.25, 0.3) is 0 Å². The molecule has 1 aliphatic heterocycles. The van der Waals surface area contributed by atoms with Crippen LogP contribution >= 0.6 is 0 Å². The molecule has 0 saturated carbocycles. The largest absolute Gasteiger partial charge is 0.444 e. The van der Waals surface area contributed by atoms with E-state index in [2.05, 4.69) is 11.9 Å². The van der Waals surface area contributed by atoms with Gasteiger partial charge in [0, 0.05) is 26.0 Å². The van der Waals surface area contributed by atoms with Crippen molar-refractivity contribution in [3.8, 4) is 0 Å². The molecule has 1 unspecified atom stereocenters. The van der Waals surface area contributed by atoms with Gasteiger partial charge in [0.15, 0.2) is 0 Å². The van der Waals surface area contributed by atoms with Gasteiger partial charge >= 0.3 is 6.09 Å². The Balaban J connectivity index is 1.95. The lowest BCUT2D eigenvalue weighted by Gasteiger charge is -2.29. The number of ether oxygens (including phenoxy) is 2. The Morgan fingerprint density at radius 1 is 1.45 bits per heavy atom.